The van der Waals surface area contributed by atoms with Gasteiger partial charge in [0.15, 0.2) is 0 Å². The van der Waals surface area contributed by atoms with Crippen LogP contribution in [0.3, 0.4) is 0 Å². The molecule has 0 fully saturated rings. The molecule has 1 aromatic heterocycles. The average molecular weight is 265 g/mol. The van der Waals surface area contributed by atoms with Gasteiger partial charge in [0.2, 0.25) is 0 Å². The molecule has 0 aliphatic heterocycles. The van der Waals surface area contributed by atoms with Gasteiger partial charge in [0, 0.05) is 32.3 Å². The number of hydrogen-bond donors (Lipinski definition) is 1. The van der Waals surface area contributed by atoms with Gasteiger partial charge in [-0.3, -0.25) is 4.68 Å². The van der Waals surface area contributed by atoms with Gasteiger partial charge in [-0.15, -0.1) is 0 Å². The normalized spacial score (nSPS) is 12.1. The molecule has 0 aliphatic carbocycles. The van der Waals surface area contributed by atoms with Gasteiger partial charge in [0.25, 0.3) is 0 Å². The quantitative estimate of drug-likeness (QED) is 0.550. The maximum atomic E-state index is 4.99. The first-order chi connectivity index (χ1) is 9.17. The summed E-state index contributed by atoms with van der Waals surface area (Å²) < 4.78 is 7.08. The fraction of sp³-hybridized carbons (Fsp3) is 0.667. The summed E-state index contributed by atoms with van der Waals surface area (Å²) >= 11 is 0. The highest BCUT2D eigenvalue weighted by Crippen LogP contribution is 2.10. The van der Waals surface area contributed by atoms with E-state index in [1.165, 1.54) is 11.3 Å². The van der Waals surface area contributed by atoms with Crippen LogP contribution in [-0.2, 0) is 17.7 Å². The molecule has 0 radical (unpaired) electrons. The van der Waals surface area contributed by atoms with E-state index in [0.29, 0.717) is 0 Å². The van der Waals surface area contributed by atoms with Gasteiger partial charge in [0.1, 0.15) is 0 Å². The maximum absolute atomic E-state index is 4.99. The van der Waals surface area contributed by atoms with Crippen LogP contribution in [0.2, 0.25) is 0 Å². The van der Waals surface area contributed by atoms with Crippen molar-refractivity contribution >= 4 is 0 Å². The highest BCUT2D eigenvalue weighted by molar-refractivity contribution is 5.16. The first-order valence-electron chi connectivity index (χ1n) is 7.06. The summed E-state index contributed by atoms with van der Waals surface area (Å²) in [6.45, 7) is 10.0. The van der Waals surface area contributed by atoms with E-state index < -0.39 is 0 Å². The molecule has 0 unspecified atom stereocenters. The van der Waals surface area contributed by atoms with Crippen molar-refractivity contribution in [3.8, 4) is 0 Å². The van der Waals surface area contributed by atoms with Gasteiger partial charge < -0.3 is 10.1 Å². The van der Waals surface area contributed by atoms with Crippen LogP contribution >= 0.6 is 0 Å². The third-order valence-corrected chi connectivity index (χ3v) is 3.04. The van der Waals surface area contributed by atoms with Crippen molar-refractivity contribution < 1.29 is 4.74 Å². The second-order valence-corrected chi connectivity index (χ2v) is 4.85. The van der Waals surface area contributed by atoms with Gasteiger partial charge in [-0.25, -0.2) is 0 Å². The van der Waals surface area contributed by atoms with E-state index in [1.54, 1.807) is 7.11 Å². The lowest BCUT2D eigenvalue weighted by Gasteiger charge is -2.05. The Morgan fingerprint density at radius 1 is 1.47 bits per heavy atom. The summed E-state index contributed by atoms with van der Waals surface area (Å²) in [6, 6.07) is 2.18. The van der Waals surface area contributed by atoms with Gasteiger partial charge in [-0.05, 0) is 39.8 Å². The van der Waals surface area contributed by atoms with E-state index >= 15 is 0 Å². The SMILES string of the molecule is CCn1nc(C)cc1CC(C)=CCCNCCOC. The van der Waals surface area contributed by atoms with E-state index in [9.17, 15) is 0 Å². The lowest BCUT2D eigenvalue weighted by Crippen LogP contribution is -2.19. The maximum Gasteiger partial charge on any atom is 0.0596 e. The summed E-state index contributed by atoms with van der Waals surface area (Å²) in [7, 11) is 1.73. The van der Waals surface area contributed by atoms with Crippen LogP contribution < -0.4 is 5.32 Å². The Labute approximate surface area is 116 Å². The molecule has 1 N–H and O–H groups in total. The minimum atomic E-state index is 0.775. The van der Waals surface area contributed by atoms with E-state index in [0.717, 1.165) is 44.8 Å². The number of ether oxygens (including phenoxy) is 1. The van der Waals surface area contributed by atoms with Crippen molar-refractivity contribution in [2.45, 2.75) is 40.2 Å². The molecular weight excluding hydrogens is 238 g/mol. The molecule has 19 heavy (non-hydrogen) atoms. The van der Waals surface area contributed by atoms with Crippen LogP contribution in [0.4, 0.5) is 0 Å². The zero-order chi connectivity index (χ0) is 14.1. The van der Waals surface area contributed by atoms with E-state index in [4.69, 9.17) is 4.74 Å². The highest BCUT2D eigenvalue weighted by Gasteiger charge is 2.04. The third kappa shape index (κ3) is 6.03. The summed E-state index contributed by atoms with van der Waals surface area (Å²) in [6.07, 6.45) is 4.36. The molecule has 1 aromatic rings. The average Bonchev–Trinajstić information content (AvgIpc) is 2.73. The number of aromatic nitrogens is 2. The molecule has 1 rings (SSSR count). The number of aryl methyl sites for hydroxylation is 2. The van der Waals surface area contributed by atoms with E-state index in [1.807, 2.05) is 0 Å². The smallest absolute Gasteiger partial charge is 0.0596 e. The van der Waals surface area contributed by atoms with Crippen molar-refractivity contribution in [3.63, 3.8) is 0 Å². The standard InChI is InChI=1S/C15H27N3O/c1-5-18-15(12-14(3)17-18)11-13(2)7-6-8-16-9-10-19-4/h7,12,16H,5-6,8-11H2,1-4H3. The lowest BCUT2D eigenvalue weighted by atomic mass is 10.1. The van der Waals surface area contributed by atoms with Gasteiger partial charge in [-0.2, -0.15) is 5.10 Å². The number of nitrogens with one attached hydrogen (secondary N) is 1. The summed E-state index contributed by atoms with van der Waals surface area (Å²) in [5.41, 5.74) is 3.81. The molecule has 4 nitrogen and oxygen atoms in total. The second kappa shape index (κ2) is 8.88. The molecule has 0 spiro atoms. The second-order valence-electron chi connectivity index (χ2n) is 4.85. The van der Waals surface area contributed by atoms with Gasteiger partial charge in [-0.1, -0.05) is 11.6 Å². The predicted molar refractivity (Wildman–Crippen MR) is 79.5 cm³/mol. The fourth-order valence-electron chi connectivity index (χ4n) is 2.09. The Bertz CT molecular complexity index is 396. The van der Waals surface area contributed by atoms with Crippen molar-refractivity contribution in [1.82, 2.24) is 15.1 Å². The van der Waals surface area contributed by atoms with Crippen molar-refractivity contribution in [1.29, 1.82) is 0 Å². The minimum absolute atomic E-state index is 0.775. The largest absolute Gasteiger partial charge is 0.383 e. The minimum Gasteiger partial charge on any atom is -0.383 e. The summed E-state index contributed by atoms with van der Waals surface area (Å²) in [5.74, 6) is 0. The number of rotatable bonds is 9. The van der Waals surface area contributed by atoms with Crippen molar-refractivity contribution in [3.05, 3.63) is 29.1 Å². The summed E-state index contributed by atoms with van der Waals surface area (Å²) in [5, 5.41) is 7.82. The first kappa shape index (κ1) is 15.9. The lowest BCUT2D eigenvalue weighted by molar-refractivity contribution is 0.199. The van der Waals surface area contributed by atoms with Crippen LogP contribution in [-0.4, -0.2) is 36.6 Å². The molecule has 4 heteroatoms. The topological polar surface area (TPSA) is 39.1 Å². The van der Waals surface area contributed by atoms with Gasteiger partial charge >= 0.3 is 0 Å². The number of methoxy groups -OCH3 is 1. The summed E-state index contributed by atoms with van der Waals surface area (Å²) in [4.78, 5) is 0. The Balaban J connectivity index is 2.34. The number of allylic oxidation sites excluding steroid dienone is 1. The molecule has 0 amide bonds. The van der Waals surface area contributed by atoms with Crippen LogP contribution in [0, 0.1) is 6.92 Å². The van der Waals surface area contributed by atoms with Crippen molar-refractivity contribution in [2.24, 2.45) is 0 Å². The van der Waals surface area contributed by atoms with Crippen LogP contribution in [0.5, 0.6) is 0 Å². The van der Waals surface area contributed by atoms with Crippen molar-refractivity contribution in [2.75, 3.05) is 26.8 Å². The molecule has 0 aromatic carbocycles. The molecule has 108 valence electrons. The molecule has 0 aliphatic rings. The molecule has 1 heterocycles. The van der Waals surface area contributed by atoms with E-state index in [-0.39, 0.29) is 0 Å². The number of hydrogen-bond acceptors (Lipinski definition) is 3. The van der Waals surface area contributed by atoms with Crippen LogP contribution in [0.25, 0.3) is 0 Å². The fourth-order valence-corrected chi connectivity index (χ4v) is 2.09. The highest BCUT2D eigenvalue weighted by atomic mass is 16.5. The zero-order valence-corrected chi connectivity index (χ0v) is 12.7. The van der Waals surface area contributed by atoms with E-state index in [2.05, 4.69) is 48.0 Å². The molecule has 0 atom stereocenters. The molecule has 0 bridgehead atoms. The zero-order valence-electron chi connectivity index (χ0n) is 12.7. The Morgan fingerprint density at radius 3 is 2.95 bits per heavy atom. The Kier molecular flexibility index (Phi) is 7.45. The third-order valence-electron chi connectivity index (χ3n) is 3.04. The molecular formula is C15H27N3O. The molecule has 0 saturated carbocycles. The van der Waals surface area contributed by atoms with Crippen LogP contribution in [0.1, 0.15) is 31.7 Å². The number of nitrogens with zero attached hydrogens (tertiary/aromatic N) is 2. The Hall–Kier alpha value is -1.13. The van der Waals surface area contributed by atoms with Crippen LogP contribution in [0.15, 0.2) is 17.7 Å². The predicted octanol–water partition coefficient (Wildman–Crippen LogP) is 2.33. The Morgan fingerprint density at radius 2 is 2.26 bits per heavy atom. The van der Waals surface area contributed by atoms with Gasteiger partial charge in [0.05, 0.1) is 12.3 Å². The molecule has 0 saturated heterocycles. The first-order valence-corrected chi connectivity index (χ1v) is 7.06. The monoisotopic (exact) mass is 265 g/mol.